The van der Waals surface area contributed by atoms with Gasteiger partial charge in [0.1, 0.15) is 5.60 Å². The number of ether oxygens (including phenoxy) is 1. The van der Waals surface area contributed by atoms with Crippen LogP contribution in [-0.4, -0.2) is 29.4 Å². The first-order valence-electron chi connectivity index (χ1n) is 19.8. The minimum absolute atomic E-state index is 0.0882. The largest absolute Gasteiger partial charge is 0.460 e. The van der Waals surface area contributed by atoms with E-state index in [1.165, 1.54) is 40.5 Å². The third kappa shape index (κ3) is 14.4. The first kappa shape index (κ1) is 46.3. The van der Waals surface area contributed by atoms with Crippen molar-refractivity contribution >= 4 is 22.4 Å². The number of hydrogen-bond acceptors (Lipinski definition) is 4. The van der Waals surface area contributed by atoms with E-state index >= 15 is 0 Å². The third-order valence-electron chi connectivity index (χ3n) is 10.6. The quantitative estimate of drug-likeness (QED) is 0.0938. The third-order valence-corrected chi connectivity index (χ3v) is 10.6. The average molecular weight is 750 g/mol. The fraction of sp³-hybridized carbons (Fsp3) is 0.511. The summed E-state index contributed by atoms with van der Waals surface area (Å²) in [5.41, 5.74) is 1.73. The van der Waals surface area contributed by atoms with Crippen LogP contribution >= 0.6 is 0 Å². The molecule has 0 spiro atoms. The number of aliphatic hydroxyl groups is 1. The lowest BCUT2D eigenvalue weighted by Gasteiger charge is -2.27. The van der Waals surface area contributed by atoms with Crippen LogP contribution in [0.5, 0.6) is 0 Å². The summed E-state index contributed by atoms with van der Waals surface area (Å²) >= 11 is 0. The van der Waals surface area contributed by atoms with E-state index in [2.05, 4.69) is 99.7 Å². The molecule has 0 aliphatic rings. The SMILES string of the molecule is CCC(C)c1ccc(C(C)(O)C(F)(F)F)cc1.CCC(C)c1ccc(NCCCCC(=O)OC(C)(C)CC)cc1.CCC(C)c1cccc2ccccc12. The Hall–Kier alpha value is -3.84. The number of benzene rings is 4. The molecule has 0 bridgehead atoms. The number of rotatable bonds is 15. The standard InChI is InChI=1S/C20H33NO2.C14H16.C13H17F3O/c1-6-16(3)17-11-13-18(14-12-17)21-15-9-8-10-19(22)23-20(4,5)7-2;1-3-11(2)13-10-6-8-12-7-4-5-9-14(12)13;1-4-9(2)10-5-7-11(8-6-10)12(3,17)13(14,15)16/h11-14,16,21H,6-10,15H2,1-5H3;4-11H,3H2,1-2H3;5-9,17H,4H2,1-3H3. The van der Waals surface area contributed by atoms with E-state index in [0.717, 1.165) is 56.8 Å². The second-order valence-electron chi connectivity index (χ2n) is 15.3. The first-order chi connectivity index (χ1) is 25.4. The van der Waals surface area contributed by atoms with Crippen LogP contribution in [0.2, 0.25) is 0 Å². The van der Waals surface area contributed by atoms with Crippen LogP contribution < -0.4 is 5.32 Å². The Bertz CT molecular complexity index is 1660. The Kier molecular flexibility index (Phi) is 18.8. The number of anilines is 1. The predicted molar refractivity (Wildman–Crippen MR) is 221 cm³/mol. The summed E-state index contributed by atoms with van der Waals surface area (Å²) in [5, 5.41) is 15.7. The van der Waals surface area contributed by atoms with Gasteiger partial charge >= 0.3 is 12.1 Å². The number of halogens is 3. The number of carbonyl (C=O) groups is 1. The molecule has 0 aliphatic heterocycles. The number of carbonyl (C=O) groups excluding carboxylic acids is 1. The lowest BCUT2D eigenvalue weighted by Crippen LogP contribution is -2.39. The van der Waals surface area contributed by atoms with Gasteiger partial charge in [-0.15, -0.1) is 0 Å². The van der Waals surface area contributed by atoms with E-state index in [1.54, 1.807) is 12.1 Å². The van der Waals surface area contributed by atoms with E-state index in [0.29, 0.717) is 24.2 Å². The Morgan fingerprint density at radius 1 is 0.704 bits per heavy atom. The topological polar surface area (TPSA) is 58.6 Å². The van der Waals surface area contributed by atoms with Crippen molar-refractivity contribution in [2.24, 2.45) is 0 Å². The van der Waals surface area contributed by atoms with E-state index < -0.39 is 11.8 Å². The molecular formula is C47H66F3NO3. The normalized spacial score (nSPS) is 14.3. The van der Waals surface area contributed by atoms with Crippen molar-refractivity contribution in [3.05, 3.63) is 113 Å². The first-order valence-corrected chi connectivity index (χ1v) is 19.8. The van der Waals surface area contributed by atoms with Gasteiger partial charge in [0, 0.05) is 18.7 Å². The summed E-state index contributed by atoms with van der Waals surface area (Å²) in [7, 11) is 0. The highest BCUT2D eigenvalue weighted by Crippen LogP contribution is 2.39. The van der Waals surface area contributed by atoms with Crippen molar-refractivity contribution in [2.45, 2.75) is 149 Å². The molecular weight excluding hydrogens is 684 g/mol. The summed E-state index contributed by atoms with van der Waals surface area (Å²) in [5.74, 6) is 1.48. The molecule has 0 saturated heterocycles. The van der Waals surface area contributed by atoms with Crippen molar-refractivity contribution in [1.29, 1.82) is 0 Å². The van der Waals surface area contributed by atoms with Crippen molar-refractivity contribution in [2.75, 3.05) is 11.9 Å². The maximum absolute atomic E-state index is 12.6. The van der Waals surface area contributed by atoms with Gasteiger partial charge in [-0.2, -0.15) is 13.2 Å². The Morgan fingerprint density at radius 3 is 1.74 bits per heavy atom. The van der Waals surface area contributed by atoms with E-state index in [1.807, 2.05) is 34.6 Å². The lowest BCUT2D eigenvalue weighted by molar-refractivity contribution is -0.258. The van der Waals surface area contributed by atoms with Crippen molar-refractivity contribution < 1.29 is 27.8 Å². The number of nitrogens with one attached hydrogen (secondary N) is 1. The zero-order valence-electron chi connectivity index (χ0n) is 34.4. The molecule has 7 heteroatoms. The van der Waals surface area contributed by atoms with Gasteiger partial charge in [0.25, 0.3) is 0 Å². The second-order valence-corrected chi connectivity index (χ2v) is 15.3. The molecule has 298 valence electrons. The molecule has 0 amide bonds. The van der Waals surface area contributed by atoms with Gasteiger partial charge in [-0.1, -0.05) is 127 Å². The molecule has 4 rings (SSSR count). The molecule has 54 heavy (non-hydrogen) atoms. The summed E-state index contributed by atoms with van der Waals surface area (Å²) in [6.07, 6.45) is 1.79. The summed E-state index contributed by atoms with van der Waals surface area (Å²) in [4.78, 5) is 11.7. The van der Waals surface area contributed by atoms with Gasteiger partial charge in [-0.3, -0.25) is 4.79 Å². The van der Waals surface area contributed by atoms with Crippen LogP contribution in [0.1, 0.15) is 154 Å². The fourth-order valence-electron chi connectivity index (χ4n) is 5.66. The Morgan fingerprint density at radius 2 is 1.22 bits per heavy atom. The molecule has 0 aliphatic carbocycles. The highest BCUT2D eigenvalue weighted by atomic mass is 19.4. The van der Waals surface area contributed by atoms with Gasteiger partial charge in [-0.05, 0) is 122 Å². The molecule has 4 unspecified atom stereocenters. The molecule has 4 nitrogen and oxygen atoms in total. The molecule has 2 N–H and O–H groups in total. The molecule has 4 aromatic carbocycles. The highest BCUT2D eigenvalue weighted by molar-refractivity contribution is 5.86. The van der Waals surface area contributed by atoms with Gasteiger partial charge in [0.2, 0.25) is 0 Å². The van der Waals surface area contributed by atoms with Crippen LogP contribution in [0.4, 0.5) is 18.9 Å². The van der Waals surface area contributed by atoms with Crippen molar-refractivity contribution in [3.8, 4) is 0 Å². The van der Waals surface area contributed by atoms with Crippen LogP contribution in [0.3, 0.4) is 0 Å². The number of unbranched alkanes of at least 4 members (excludes halogenated alkanes) is 1. The van der Waals surface area contributed by atoms with Crippen LogP contribution in [0.25, 0.3) is 10.8 Å². The molecule has 0 saturated carbocycles. The van der Waals surface area contributed by atoms with Gasteiger partial charge in [0.05, 0.1) is 0 Å². The minimum Gasteiger partial charge on any atom is -0.460 e. The zero-order valence-corrected chi connectivity index (χ0v) is 34.4. The van der Waals surface area contributed by atoms with Crippen LogP contribution in [0, 0.1) is 0 Å². The molecule has 4 atom stereocenters. The summed E-state index contributed by atoms with van der Waals surface area (Å²) < 4.78 is 43.2. The monoisotopic (exact) mass is 749 g/mol. The summed E-state index contributed by atoms with van der Waals surface area (Å²) in [6.45, 7) is 20.6. The summed E-state index contributed by atoms with van der Waals surface area (Å²) in [6, 6.07) is 29.8. The lowest BCUT2D eigenvalue weighted by atomic mass is 9.91. The van der Waals surface area contributed by atoms with Gasteiger partial charge < -0.3 is 15.2 Å². The van der Waals surface area contributed by atoms with E-state index in [-0.39, 0.29) is 17.1 Å². The smallest absolute Gasteiger partial charge is 0.421 e. The number of hydrogen-bond donors (Lipinski definition) is 2. The van der Waals surface area contributed by atoms with E-state index in [9.17, 15) is 23.1 Å². The fourth-order valence-corrected chi connectivity index (χ4v) is 5.66. The zero-order chi connectivity index (χ0) is 40.5. The Balaban J connectivity index is 0.000000289. The molecule has 0 radical (unpaired) electrons. The van der Waals surface area contributed by atoms with Gasteiger partial charge in [0.15, 0.2) is 5.60 Å². The molecule has 4 aromatic rings. The van der Waals surface area contributed by atoms with Crippen molar-refractivity contribution in [3.63, 3.8) is 0 Å². The Labute approximate surface area is 323 Å². The average Bonchev–Trinajstić information content (AvgIpc) is 3.16. The minimum atomic E-state index is -4.66. The molecule has 0 fully saturated rings. The van der Waals surface area contributed by atoms with Crippen LogP contribution in [-0.2, 0) is 15.1 Å². The number of alkyl halides is 3. The number of fused-ring (bicyclic) bond motifs is 1. The molecule has 0 aromatic heterocycles. The highest BCUT2D eigenvalue weighted by Gasteiger charge is 2.51. The second kappa shape index (κ2) is 21.9. The number of esters is 1. The van der Waals surface area contributed by atoms with Crippen molar-refractivity contribution in [1.82, 2.24) is 0 Å². The van der Waals surface area contributed by atoms with Gasteiger partial charge in [-0.25, -0.2) is 0 Å². The predicted octanol–water partition coefficient (Wildman–Crippen LogP) is 13.8. The maximum atomic E-state index is 12.6. The maximum Gasteiger partial charge on any atom is 0.421 e. The van der Waals surface area contributed by atoms with Crippen LogP contribution in [0.15, 0.2) is 91.0 Å². The van der Waals surface area contributed by atoms with E-state index in [4.69, 9.17) is 4.74 Å². The molecule has 0 heterocycles.